The van der Waals surface area contributed by atoms with Crippen molar-refractivity contribution in [2.75, 3.05) is 6.61 Å². The predicted molar refractivity (Wildman–Crippen MR) is 83.5 cm³/mol. The quantitative estimate of drug-likeness (QED) is 0.821. The van der Waals surface area contributed by atoms with Crippen molar-refractivity contribution >= 4 is 18.2 Å². The van der Waals surface area contributed by atoms with Crippen LogP contribution in [0.15, 0.2) is 24.3 Å². The standard InChI is InChI=1S/C16H23NO2.ClH/c17-15(11-18)10-16(19)14-8-6-13(7-9-14)12-4-2-1-3-5-12;/h6-9,12,15,18H,1-5,10-11,17H2;1H. The number of hydrogen-bond donors (Lipinski definition) is 2. The van der Waals surface area contributed by atoms with E-state index in [1.807, 2.05) is 12.1 Å². The van der Waals surface area contributed by atoms with E-state index in [9.17, 15) is 4.79 Å². The highest BCUT2D eigenvalue weighted by Gasteiger charge is 2.16. The van der Waals surface area contributed by atoms with Crippen LogP contribution in [0.25, 0.3) is 0 Å². The van der Waals surface area contributed by atoms with Crippen LogP contribution in [-0.4, -0.2) is 23.5 Å². The van der Waals surface area contributed by atoms with E-state index in [1.54, 1.807) is 0 Å². The van der Waals surface area contributed by atoms with Gasteiger partial charge in [-0.1, -0.05) is 43.5 Å². The van der Waals surface area contributed by atoms with Crippen LogP contribution >= 0.6 is 12.4 Å². The molecule has 0 bridgehead atoms. The zero-order valence-corrected chi connectivity index (χ0v) is 12.6. The average Bonchev–Trinajstić information content (AvgIpc) is 2.48. The molecule has 2 rings (SSSR count). The number of halogens is 1. The summed E-state index contributed by atoms with van der Waals surface area (Å²) in [6.45, 7) is -0.147. The molecule has 4 heteroatoms. The summed E-state index contributed by atoms with van der Waals surface area (Å²) in [5.74, 6) is 0.675. The lowest BCUT2D eigenvalue weighted by Gasteiger charge is -2.22. The van der Waals surface area contributed by atoms with E-state index >= 15 is 0 Å². The van der Waals surface area contributed by atoms with E-state index < -0.39 is 6.04 Å². The van der Waals surface area contributed by atoms with E-state index in [0.717, 1.165) is 0 Å². The topological polar surface area (TPSA) is 63.3 Å². The summed E-state index contributed by atoms with van der Waals surface area (Å²) in [7, 11) is 0. The number of aliphatic hydroxyl groups is 1. The summed E-state index contributed by atoms with van der Waals surface area (Å²) in [5, 5.41) is 8.87. The molecule has 3 nitrogen and oxygen atoms in total. The third kappa shape index (κ3) is 4.58. The Morgan fingerprint density at radius 3 is 2.35 bits per heavy atom. The third-order valence-electron chi connectivity index (χ3n) is 3.99. The van der Waals surface area contributed by atoms with Gasteiger partial charge in [-0.15, -0.1) is 12.4 Å². The minimum absolute atomic E-state index is 0. The Balaban J connectivity index is 0.00000200. The molecule has 0 aromatic heterocycles. The van der Waals surface area contributed by atoms with Crippen molar-refractivity contribution in [3.05, 3.63) is 35.4 Å². The van der Waals surface area contributed by atoms with E-state index in [2.05, 4.69) is 12.1 Å². The lowest BCUT2D eigenvalue weighted by atomic mass is 9.84. The Morgan fingerprint density at radius 2 is 1.80 bits per heavy atom. The molecule has 112 valence electrons. The van der Waals surface area contributed by atoms with Crippen molar-refractivity contribution in [2.24, 2.45) is 5.73 Å². The van der Waals surface area contributed by atoms with Gasteiger partial charge in [-0.3, -0.25) is 4.79 Å². The second-order valence-corrected chi connectivity index (χ2v) is 5.53. The van der Waals surface area contributed by atoms with Gasteiger partial charge in [0.15, 0.2) is 5.78 Å². The highest BCUT2D eigenvalue weighted by Crippen LogP contribution is 2.32. The first-order valence-corrected chi connectivity index (χ1v) is 7.20. The van der Waals surface area contributed by atoms with Gasteiger partial charge in [0.05, 0.1) is 6.61 Å². The number of Topliss-reactive ketones (excluding diaryl/α,β-unsaturated/α-hetero) is 1. The fourth-order valence-corrected chi connectivity index (χ4v) is 2.80. The van der Waals surface area contributed by atoms with Crippen molar-refractivity contribution in [3.63, 3.8) is 0 Å². The van der Waals surface area contributed by atoms with Crippen LogP contribution in [-0.2, 0) is 0 Å². The van der Waals surface area contributed by atoms with Gasteiger partial charge >= 0.3 is 0 Å². The second kappa shape index (κ2) is 8.40. The molecule has 0 amide bonds. The van der Waals surface area contributed by atoms with Crippen LogP contribution in [0.1, 0.15) is 60.4 Å². The van der Waals surface area contributed by atoms with Crippen LogP contribution in [0, 0.1) is 0 Å². The smallest absolute Gasteiger partial charge is 0.164 e. The molecule has 3 N–H and O–H groups in total. The molecule has 20 heavy (non-hydrogen) atoms. The number of rotatable bonds is 5. The van der Waals surface area contributed by atoms with Gasteiger partial charge in [0.25, 0.3) is 0 Å². The molecule has 1 fully saturated rings. The van der Waals surface area contributed by atoms with Crippen LogP contribution in [0.5, 0.6) is 0 Å². The molecular formula is C16H24ClNO2. The average molecular weight is 298 g/mol. The fraction of sp³-hybridized carbons (Fsp3) is 0.562. The van der Waals surface area contributed by atoms with Gasteiger partial charge in [0.2, 0.25) is 0 Å². The molecule has 0 saturated heterocycles. The number of hydrogen-bond acceptors (Lipinski definition) is 3. The van der Waals surface area contributed by atoms with Crippen molar-refractivity contribution < 1.29 is 9.90 Å². The predicted octanol–water partition coefficient (Wildman–Crippen LogP) is 3.05. The molecule has 0 heterocycles. The third-order valence-corrected chi connectivity index (χ3v) is 3.99. The van der Waals surface area contributed by atoms with Crippen molar-refractivity contribution in [1.82, 2.24) is 0 Å². The van der Waals surface area contributed by atoms with Crippen molar-refractivity contribution in [2.45, 2.75) is 50.5 Å². The van der Waals surface area contributed by atoms with E-state index in [1.165, 1.54) is 37.7 Å². The Morgan fingerprint density at radius 1 is 1.20 bits per heavy atom. The number of carbonyl (C=O) groups is 1. The maximum Gasteiger partial charge on any atom is 0.164 e. The zero-order valence-electron chi connectivity index (χ0n) is 11.8. The van der Waals surface area contributed by atoms with Crippen molar-refractivity contribution in [1.29, 1.82) is 0 Å². The molecule has 1 aliphatic carbocycles. The van der Waals surface area contributed by atoms with Crippen LogP contribution in [0.4, 0.5) is 0 Å². The lowest BCUT2D eigenvalue weighted by molar-refractivity contribution is 0.0961. The van der Waals surface area contributed by atoms with Gasteiger partial charge < -0.3 is 10.8 Å². The minimum Gasteiger partial charge on any atom is -0.395 e. The van der Waals surface area contributed by atoms with Crippen molar-refractivity contribution in [3.8, 4) is 0 Å². The van der Waals surface area contributed by atoms with Crippen LogP contribution < -0.4 is 5.73 Å². The molecule has 1 aromatic rings. The van der Waals surface area contributed by atoms with E-state index in [4.69, 9.17) is 10.8 Å². The highest BCUT2D eigenvalue weighted by atomic mass is 35.5. The van der Waals surface area contributed by atoms with Gasteiger partial charge in [-0.05, 0) is 24.3 Å². The van der Waals surface area contributed by atoms with Gasteiger partial charge in [-0.2, -0.15) is 0 Å². The van der Waals surface area contributed by atoms with Gasteiger partial charge in [-0.25, -0.2) is 0 Å². The Bertz CT molecular complexity index is 413. The second-order valence-electron chi connectivity index (χ2n) is 5.53. The number of nitrogens with two attached hydrogens (primary N) is 1. The number of carbonyl (C=O) groups excluding carboxylic acids is 1. The largest absolute Gasteiger partial charge is 0.395 e. The molecule has 0 aliphatic heterocycles. The summed E-state index contributed by atoms with van der Waals surface area (Å²) < 4.78 is 0. The molecule has 0 radical (unpaired) electrons. The zero-order chi connectivity index (χ0) is 13.7. The Hall–Kier alpha value is -0.900. The first kappa shape index (κ1) is 17.2. The molecule has 1 atom stereocenters. The monoisotopic (exact) mass is 297 g/mol. The number of aliphatic hydroxyl groups excluding tert-OH is 1. The van der Waals surface area contributed by atoms with E-state index in [0.29, 0.717) is 11.5 Å². The molecule has 1 unspecified atom stereocenters. The number of ketones is 1. The Labute approximate surface area is 127 Å². The summed E-state index contributed by atoms with van der Waals surface area (Å²) in [4.78, 5) is 11.9. The molecule has 1 aromatic carbocycles. The molecule has 0 spiro atoms. The molecule has 1 saturated carbocycles. The van der Waals surface area contributed by atoms with Crippen LogP contribution in [0.2, 0.25) is 0 Å². The summed E-state index contributed by atoms with van der Waals surface area (Å²) in [5.41, 5.74) is 7.63. The summed E-state index contributed by atoms with van der Waals surface area (Å²) in [6, 6.07) is 7.50. The lowest BCUT2D eigenvalue weighted by Crippen LogP contribution is -2.27. The molecular weight excluding hydrogens is 274 g/mol. The number of benzene rings is 1. The maximum atomic E-state index is 11.9. The highest BCUT2D eigenvalue weighted by molar-refractivity contribution is 5.96. The maximum absolute atomic E-state index is 11.9. The first-order valence-electron chi connectivity index (χ1n) is 7.20. The fourth-order valence-electron chi connectivity index (χ4n) is 2.80. The minimum atomic E-state index is -0.453. The Kier molecular flexibility index (Phi) is 7.20. The molecule has 1 aliphatic rings. The van der Waals surface area contributed by atoms with E-state index in [-0.39, 0.29) is 31.2 Å². The summed E-state index contributed by atoms with van der Waals surface area (Å²) in [6.07, 6.45) is 6.73. The van der Waals surface area contributed by atoms with Gasteiger partial charge in [0.1, 0.15) is 0 Å². The first-order chi connectivity index (χ1) is 9.20. The normalized spacial score (nSPS) is 17.3. The summed E-state index contributed by atoms with van der Waals surface area (Å²) >= 11 is 0. The van der Waals surface area contributed by atoms with Gasteiger partial charge in [0, 0.05) is 18.0 Å². The van der Waals surface area contributed by atoms with Crippen LogP contribution in [0.3, 0.4) is 0 Å². The SMILES string of the molecule is Cl.NC(CO)CC(=O)c1ccc(C2CCCCC2)cc1.